The van der Waals surface area contributed by atoms with Gasteiger partial charge in [0.05, 0.1) is 12.7 Å². The summed E-state index contributed by atoms with van der Waals surface area (Å²) in [5.41, 5.74) is 1.11. The first-order valence-electron chi connectivity index (χ1n) is 9.24. The summed E-state index contributed by atoms with van der Waals surface area (Å²) < 4.78 is 14.9. The van der Waals surface area contributed by atoms with Crippen LogP contribution in [0.25, 0.3) is 6.08 Å². The molecule has 0 fully saturated rings. The van der Waals surface area contributed by atoms with Gasteiger partial charge in [0.25, 0.3) is 5.91 Å². The van der Waals surface area contributed by atoms with Gasteiger partial charge in [0.2, 0.25) is 0 Å². The number of amides is 1. The minimum Gasteiger partial charge on any atom is -0.465 e. The lowest BCUT2D eigenvalue weighted by molar-refractivity contribution is -0.149. The molecule has 29 heavy (non-hydrogen) atoms. The molecule has 8 nitrogen and oxygen atoms in total. The molecule has 1 unspecified atom stereocenters. The molecule has 1 atom stereocenters. The molecular weight excluding hydrogens is 376 g/mol. The van der Waals surface area contributed by atoms with Gasteiger partial charge >= 0.3 is 11.9 Å². The predicted octanol–water partition coefficient (Wildman–Crippen LogP) is 3.52. The first-order valence-corrected chi connectivity index (χ1v) is 9.24. The van der Waals surface area contributed by atoms with E-state index < -0.39 is 23.9 Å². The number of rotatable bonds is 9. The van der Waals surface area contributed by atoms with Gasteiger partial charge in [-0.2, -0.15) is 0 Å². The third kappa shape index (κ3) is 6.91. The fourth-order valence-electron chi connectivity index (χ4n) is 2.46. The minimum atomic E-state index is -0.939. The Bertz CT molecular complexity index is 870. The molecule has 1 aromatic carbocycles. The van der Waals surface area contributed by atoms with E-state index in [1.807, 2.05) is 6.92 Å². The lowest BCUT2D eigenvalue weighted by Crippen LogP contribution is -2.32. The van der Waals surface area contributed by atoms with Gasteiger partial charge in [-0.05, 0) is 43.5 Å². The highest BCUT2D eigenvalue weighted by atomic mass is 16.5. The summed E-state index contributed by atoms with van der Waals surface area (Å²) in [5.74, 6) is -0.715. The summed E-state index contributed by atoms with van der Waals surface area (Å²) in [4.78, 5) is 36.0. The smallest absolute Gasteiger partial charge is 0.337 e. The number of unbranched alkanes of at least 4 members (excludes halogenated alkanes) is 1. The molecule has 0 radical (unpaired) electrons. The second-order valence-electron chi connectivity index (χ2n) is 6.33. The van der Waals surface area contributed by atoms with Gasteiger partial charge in [0.1, 0.15) is 5.76 Å². The fraction of sp³-hybridized carbons (Fsp3) is 0.333. The quantitative estimate of drug-likeness (QED) is 0.507. The van der Waals surface area contributed by atoms with Crippen LogP contribution in [-0.4, -0.2) is 36.2 Å². The zero-order chi connectivity index (χ0) is 21.2. The number of carbonyl (C=O) groups is 3. The Morgan fingerprint density at radius 3 is 2.55 bits per heavy atom. The number of anilines is 1. The van der Waals surface area contributed by atoms with Crippen molar-refractivity contribution >= 4 is 29.7 Å². The van der Waals surface area contributed by atoms with Crippen molar-refractivity contribution in [1.29, 1.82) is 0 Å². The van der Waals surface area contributed by atoms with Crippen LogP contribution in [0.4, 0.5) is 5.82 Å². The second-order valence-corrected chi connectivity index (χ2v) is 6.33. The van der Waals surface area contributed by atoms with Crippen molar-refractivity contribution in [1.82, 2.24) is 5.16 Å². The molecule has 1 heterocycles. The van der Waals surface area contributed by atoms with E-state index in [2.05, 4.69) is 15.2 Å². The standard InChI is InChI=1S/C21H24N2O6/c1-4-5-6-17(20(25)22-18-13-14(2)29-23-18)28-19(24)12-9-15-7-10-16(11-8-15)21(26)27-3/h7-13,17H,4-6H2,1-3H3,(H,22,23,25)/b12-9+. The molecule has 0 aliphatic heterocycles. The van der Waals surface area contributed by atoms with Crippen LogP contribution in [0.15, 0.2) is 40.9 Å². The summed E-state index contributed by atoms with van der Waals surface area (Å²) in [7, 11) is 1.31. The Labute approximate surface area is 168 Å². The Morgan fingerprint density at radius 2 is 1.97 bits per heavy atom. The van der Waals surface area contributed by atoms with Gasteiger partial charge in [-0.25, -0.2) is 9.59 Å². The molecule has 2 rings (SSSR count). The number of carbonyl (C=O) groups excluding carboxylic acids is 3. The highest BCUT2D eigenvalue weighted by molar-refractivity contribution is 5.96. The van der Waals surface area contributed by atoms with E-state index >= 15 is 0 Å². The van der Waals surface area contributed by atoms with Crippen molar-refractivity contribution in [2.24, 2.45) is 0 Å². The van der Waals surface area contributed by atoms with E-state index in [1.165, 1.54) is 13.2 Å². The lowest BCUT2D eigenvalue weighted by atomic mass is 10.1. The summed E-state index contributed by atoms with van der Waals surface area (Å²) in [6.45, 7) is 3.69. The van der Waals surface area contributed by atoms with E-state index in [0.29, 0.717) is 23.3 Å². The zero-order valence-corrected chi connectivity index (χ0v) is 16.6. The second kappa shape index (κ2) is 10.8. The Hall–Kier alpha value is -3.42. The van der Waals surface area contributed by atoms with Gasteiger partial charge in [0.15, 0.2) is 11.9 Å². The number of hydrogen-bond acceptors (Lipinski definition) is 7. The Morgan fingerprint density at radius 1 is 1.24 bits per heavy atom. The summed E-state index contributed by atoms with van der Waals surface area (Å²) in [6.07, 6.45) is 3.81. The molecule has 1 N–H and O–H groups in total. The molecule has 0 saturated carbocycles. The van der Waals surface area contributed by atoms with E-state index in [1.54, 1.807) is 43.3 Å². The SMILES string of the molecule is CCCCC(OC(=O)/C=C/c1ccc(C(=O)OC)cc1)C(=O)Nc1cc(C)on1. The van der Waals surface area contributed by atoms with Gasteiger partial charge in [-0.1, -0.05) is 30.6 Å². The largest absolute Gasteiger partial charge is 0.465 e. The van der Waals surface area contributed by atoms with Crippen molar-refractivity contribution in [2.75, 3.05) is 12.4 Å². The monoisotopic (exact) mass is 400 g/mol. The van der Waals surface area contributed by atoms with E-state index in [4.69, 9.17) is 9.26 Å². The number of esters is 2. The van der Waals surface area contributed by atoms with Crippen molar-refractivity contribution in [3.63, 3.8) is 0 Å². The highest BCUT2D eigenvalue weighted by Gasteiger charge is 2.22. The molecule has 0 saturated heterocycles. The van der Waals surface area contributed by atoms with Crippen LogP contribution in [-0.2, 0) is 19.1 Å². The molecular formula is C21H24N2O6. The van der Waals surface area contributed by atoms with Crippen LogP contribution in [0.1, 0.15) is 47.9 Å². The third-order valence-corrected chi connectivity index (χ3v) is 3.99. The maximum absolute atomic E-state index is 12.4. The normalized spacial score (nSPS) is 11.8. The van der Waals surface area contributed by atoms with Gasteiger partial charge in [0, 0.05) is 12.1 Å². The molecule has 1 amide bonds. The number of hydrogen-bond donors (Lipinski definition) is 1. The third-order valence-electron chi connectivity index (χ3n) is 3.99. The Balaban J connectivity index is 1.98. The number of aromatic nitrogens is 1. The average Bonchev–Trinajstić information content (AvgIpc) is 3.13. The number of nitrogens with zero attached hydrogens (tertiary/aromatic N) is 1. The van der Waals surface area contributed by atoms with Crippen LogP contribution < -0.4 is 5.32 Å². The molecule has 8 heteroatoms. The minimum absolute atomic E-state index is 0.270. The number of ether oxygens (including phenoxy) is 2. The lowest BCUT2D eigenvalue weighted by Gasteiger charge is -2.15. The van der Waals surface area contributed by atoms with Crippen molar-refractivity contribution in [3.8, 4) is 0 Å². The Kier molecular flexibility index (Phi) is 8.14. The molecule has 0 bridgehead atoms. The van der Waals surface area contributed by atoms with Crippen LogP contribution in [0, 0.1) is 6.92 Å². The molecule has 154 valence electrons. The highest BCUT2D eigenvalue weighted by Crippen LogP contribution is 2.13. The first-order chi connectivity index (χ1) is 13.9. The fourth-order valence-corrected chi connectivity index (χ4v) is 2.46. The maximum Gasteiger partial charge on any atom is 0.337 e. The van der Waals surface area contributed by atoms with E-state index in [9.17, 15) is 14.4 Å². The van der Waals surface area contributed by atoms with Crippen molar-refractivity contribution in [2.45, 2.75) is 39.2 Å². The van der Waals surface area contributed by atoms with Crippen molar-refractivity contribution < 1.29 is 28.4 Å². The van der Waals surface area contributed by atoms with Crippen LogP contribution in [0.2, 0.25) is 0 Å². The molecule has 0 aliphatic carbocycles. The van der Waals surface area contributed by atoms with Gasteiger partial charge in [-0.15, -0.1) is 0 Å². The van der Waals surface area contributed by atoms with Gasteiger partial charge in [-0.3, -0.25) is 4.79 Å². The summed E-state index contributed by atoms with van der Waals surface area (Å²) in [6, 6.07) is 8.10. The topological polar surface area (TPSA) is 108 Å². The van der Waals surface area contributed by atoms with Crippen LogP contribution in [0.5, 0.6) is 0 Å². The number of aryl methyl sites for hydroxylation is 1. The van der Waals surface area contributed by atoms with Gasteiger partial charge < -0.3 is 19.3 Å². The van der Waals surface area contributed by atoms with Crippen LogP contribution in [0.3, 0.4) is 0 Å². The molecule has 1 aromatic heterocycles. The van der Waals surface area contributed by atoms with Crippen molar-refractivity contribution in [3.05, 3.63) is 53.3 Å². The maximum atomic E-state index is 12.4. The predicted molar refractivity (Wildman–Crippen MR) is 106 cm³/mol. The zero-order valence-electron chi connectivity index (χ0n) is 16.6. The van der Waals surface area contributed by atoms with E-state index in [0.717, 1.165) is 12.8 Å². The van der Waals surface area contributed by atoms with Crippen LogP contribution >= 0.6 is 0 Å². The molecule has 0 aliphatic rings. The number of nitrogens with one attached hydrogen (secondary N) is 1. The number of methoxy groups -OCH3 is 1. The summed E-state index contributed by atoms with van der Waals surface area (Å²) >= 11 is 0. The average molecular weight is 400 g/mol. The number of benzene rings is 1. The van der Waals surface area contributed by atoms with E-state index in [-0.39, 0.29) is 5.82 Å². The summed E-state index contributed by atoms with van der Waals surface area (Å²) in [5, 5.41) is 6.29. The molecule has 0 spiro atoms. The first kappa shape index (κ1) is 21.9. The molecule has 2 aromatic rings.